The molecular formula is C15H29NO3S2. The third kappa shape index (κ3) is 3.59. The van der Waals surface area contributed by atoms with Gasteiger partial charge in [-0.05, 0) is 64.0 Å². The van der Waals surface area contributed by atoms with Crippen LogP contribution in [0.25, 0.3) is 0 Å². The molecule has 0 aromatic carbocycles. The highest BCUT2D eigenvalue weighted by Gasteiger charge is 2.47. The van der Waals surface area contributed by atoms with Crippen molar-refractivity contribution in [3.8, 4) is 0 Å². The van der Waals surface area contributed by atoms with Gasteiger partial charge in [-0.15, -0.1) is 0 Å². The van der Waals surface area contributed by atoms with Gasteiger partial charge in [0.05, 0.1) is 10.3 Å². The second kappa shape index (κ2) is 6.38. The van der Waals surface area contributed by atoms with Crippen molar-refractivity contribution in [1.29, 1.82) is 0 Å². The van der Waals surface area contributed by atoms with Crippen molar-refractivity contribution < 1.29 is 13.2 Å². The lowest BCUT2D eigenvalue weighted by Crippen LogP contribution is -2.57. The van der Waals surface area contributed by atoms with Crippen molar-refractivity contribution in [2.75, 3.05) is 31.4 Å². The molecule has 2 atom stereocenters. The van der Waals surface area contributed by atoms with Crippen LogP contribution in [0.4, 0.5) is 0 Å². The Kier molecular flexibility index (Phi) is 5.34. The van der Waals surface area contributed by atoms with E-state index in [1.807, 2.05) is 32.7 Å². The Hall–Kier alpha value is 0.220. The van der Waals surface area contributed by atoms with Gasteiger partial charge in [0.25, 0.3) is 0 Å². The molecule has 2 unspecified atom stereocenters. The van der Waals surface area contributed by atoms with Crippen LogP contribution >= 0.6 is 11.8 Å². The zero-order chi connectivity index (χ0) is 15.7. The Morgan fingerprint density at radius 3 is 2.48 bits per heavy atom. The van der Waals surface area contributed by atoms with Crippen LogP contribution in [0.5, 0.6) is 0 Å². The third-order valence-electron chi connectivity index (χ3n) is 5.42. The molecular weight excluding hydrogens is 306 g/mol. The summed E-state index contributed by atoms with van der Waals surface area (Å²) in [5, 5.41) is 3.30. The van der Waals surface area contributed by atoms with Crippen LogP contribution < -0.4 is 5.32 Å². The number of hydrogen-bond acceptors (Lipinski definition) is 5. The van der Waals surface area contributed by atoms with E-state index in [-0.39, 0.29) is 11.6 Å². The van der Waals surface area contributed by atoms with Crippen molar-refractivity contribution in [3.63, 3.8) is 0 Å². The average molecular weight is 336 g/mol. The quantitative estimate of drug-likeness (QED) is 0.852. The molecule has 0 aliphatic carbocycles. The van der Waals surface area contributed by atoms with E-state index in [0.717, 1.165) is 43.8 Å². The molecule has 0 aromatic rings. The zero-order valence-corrected chi connectivity index (χ0v) is 15.3. The summed E-state index contributed by atoms with van der Waals surface area (Å²) in [4.78, 5) is 0. The molecule has 21 heavy (non-hydrogen) atoms. The molecule has 0 saturated carbocycles. The Morgan fingerprint density at radius 1 is 1.33 bits per heavy atom. The first-order chi connectivity index (χ1) is 9.72. The minimum Gasteiger partial charge on any atom is -0.375 e. The van der Waals surface area contributed by atoms with Crippen LogP contribution in [-0.4, -0.2) is 56.2 Å². The lowest BCUT2D eigenvalue weighted by molar-refractivity contribution is -0.108. The largest absolute Gasteiger partial charge is 0.375 e. The van der Waals surface area contributed by atoms with Crippen molar-refractivity contribution in [3.05, 3.63) is 0 Å². The van der Waals surface area contributed by atoms with E-state index in [1.165, 1.54) is 6.26 Å². The highest BCUT2D eigenvalue weighted by Crippen LogP contribution is 2.42. The first-order valence-electron chi connectivity index (χ1n) is 7.80. The average Bonchev–Trinajstić information content (AvgIpc) is 2.39. The molecule has 1 N–H and O–H groups in total. The van der Waals surface area contributed by atoms with Gasteiger partial charge < -0.3 is 10.1 Å². The smallest absolute Gasteiger partial charge is 0.154 e. The Labute approximate surface area is 133 Å². The summed E-state index contributed by atoms with van der Waals surface area (Å²) in [6.45, 7) is 4.46. The van der Waals surface area contributed by atoms with E-state index in [2.05, 4.69) is 5.32 Å². The summed E-state index contributed by atoms with van der Waals surface area (Å²) in [5.41, 5.74) is -0.00313. The number of rotatable bonds is 4. The molecule has 124 valence electrons. The molecule has 2 rings (SSSR count). The predicted octanol–water partition coefficient (Wildman–Crippen LogP) is 2.09. The molecule has 4 nitrogen and oxygen atoms in total. The molecule has 2 fully saturated rings. The predicted molar refractivity (Wildman–Crippen MR) is 89.7 cm³/mol. The topological polar surface area (TPSA) is 55.4 Å². The molecule has 2 saturated heterocycles. The molecule has 2 aliphatic rings. The van der Waals surface area contributed by atoms with Gasteiger partial charge in [0.1, 0.15) is 0 Å². The van der Waals surface area contributed by atoms with Crippen molar-refractivity contribution in [2.24, 2.45) is 5.92 Å². The summed E-state index contributed by atoms with van der Waals surface area (Å²) in [6, 6.07) is -0.0251. The van der Waals surface area contributed by atoms with E-state index >= 15 is 0 Å². The normalized spacial score (nSPS) is 28.5. The minimum absolute atomic E-state index is 0.00313. The van der Waals surface area contributed by atoms with Gasteiger partial charge in [-0.3, -0.25) is 0 Å². The van der Waals surface area contributed by atoms with E-state index in [4.69, 9.17) is 4.74 Å². The van der Waals surface area contributed by atoms with Crippen LogP contribution in [-0.2, 0) is 14.6 Å². The summed E-state index contributed by atoms with van der Waals surface area (Å²) in [7, 11) is -1.23. The Bertz CT molecular complexity index is 450. The number of nitrogens with one attached hydrogen (secondary N) is 1. The van der Waals surface area contributed by atoms with Gasteiger partial charge in [0, 0.05) is 18.9 Å². The lowest BCUT2D eigenvalue weighted by Gasteiger charge is -2.48. The summed E-state index contributed by atoms with van der Waals surface area (Å²) < 4.78 is 29.8. The highest BCUT2D eigenvalue weighted by molar-refractivity contribution is 7.99. The molecule has 2 heterocycles. The van der Waals surface area contributed by atoms with Gasteiger partial charge in [-0.1, -0.05) is 0 Å². The fourth-order valence-electron chi connectivity index (χ4n) is 3.82. The van der Waals surface area contributed by atoms with Crippen LogP contribution in [0.2, 0.25) is 0 Å². The third-order valence-corrected chi connectivity index (χ3v) is 8.57. The first-order valence-corrected chi connectivity index (χ1v) is 10.8. The molecule has 0 radical (unpaired) electrons. The number of thioether (sulfide) groups is 1. The van der Waals surface area contributed by atoms with E-state index in [1.54, 1.807) is 0 Å². The van der Waals surface area contributed by atoms with E-state index in [9.17, 15) is 8.42 Å². The Balaban J connectivity index is 2.18. The van der Waals surface area contributed by atoms with E-state index in [0.29, 0.717) is 5.92 Å². The van der Waals surface area contributed by atoms with E-state index < -0.39 is 14.6 Å². The van der Waals surface area contributed by atoms with Gasteiger partial charge in [-0.2, -0.15) is 11.8 Å². The maximum atomic E-state index is 12.2. The molecule has 6 heteroatoms. The highest BCUT2D eigenvalue weighted by atomic mass is 32.2. The molecule has 0 bridgehead atoms. The molecule has 1 spiro atoms. The van der Waals surface area contributed by atoms with Gasteiger partial charge in [0.15, 0.2) is 9.84 Å². The number of ether oxygens (including phenoxy) is 1. The van der Waals surface area contributed by atoms with Gasteiger partial charge in [-0.25, -0.2) is 8.42 Å². The zero-order valence-electron chi connectivity index (χ0n) is 13.6. The first kappa shape index (κ1) is 17.6. The Morgan fingerprint density at radius 2 is 1.95 bits per heavy atom. The van der Waals surface area contributed by atoms with Crippen LogP contribution in [0.15, 0.2) is 0 Å². The van der Waals surface area contributed by atoms with Crippen molar-refractivity contribution >= 4 is 21.6 Å². The SMILES string of the molecule is CNC(C1CCOC2(CCSCC2)C1)C(C)(C)S(C)(=O)=O. The second-order valence-electron chi connectivity index (χ2n) is 7.04. The standard InChI is InChI=1S/C15H29NO3S2/c1-14(2,21(4,17)18)13(16-3)12-5-8-19-15(11-12)6-9-20-10-7-15/h12-13,16H,5-11H2,1-4H3. The summed E-state index contributed by atoms with van der Waals surface area (Å²) >= 11 is 2.00. The molecule has 0 aromatic heterocycles. The minimum atomic E-state index is -3.11. The van der Waals surface area contributed by atoms with Crippen molar-refractivity contribution in [1.82, 2.24) is 5.32 Å². The van der Waals surface area contributed by atoms with Crippen LogP contribution in [0.3, 0.4) is 0 Å². The fraction of sp³-hybridized carbons (Fsp3) is 1.00. The van der Waals surface area contributed by atoms with Crippen LogP contribution in [0.1, 0.15) is 39.5 Å². The second-order valence-corrected chi connectivity index (χ2v) is 10.9. The van der Waals surface area contributed by atoms with Gasteiger partial charge >= 0.3 is 0 Å². The maximum absolute atomic E-state index is 12.2. The summed E-state index contributed by atoms with van der Waals surface area (Å²) in [5.74, 6) is 2.68. The molecule has 2 aliphatic heterocycles. The van der Waals surface area contributed by atoms with Gasteiger partial charge in [0.2, 0.25) is 0 Å². The lowest BCUT2D eigenvalue weighted by atomic mass is 9.75. The molecule has 0 amide bonds. The number of hydrogen-bond donors (Lipinski definition) is 1. The monoisotopic (exact) mass is 335 g/mol. The fourth-order valence-corrected chi connectivity index (χ4v) is 5.83. The number of sulfone groups is 1. The van der Waals surface area contributed by atoms with Crippen molar-refractivity contribution in [2.45, 2.75) is 55.9 Å². The maximum Gasteiger partial charge on any atom is 0.154 e. The van der Waals surface area contributed by atoms with Crippen LogP contribution in [0, 0.1) is 5.92 Å². The summed E-state index contributed by atoms with van der Waals surface area (Å²) in [6.07, 6.45) is 5.48.